The number of ether oxygens (including phenoxy) is 1. The summed E-state index contributed by atoms with van der Waals surface area (Å²) >= 11 is 6.24. The van der Waals surface area contributed by atoms with E-state index in [0.29, 0.717) is 22.4 Å². The van der Waals surface area contributed by atoms with E-state index in [9.17, 15) is 8.42 Å². The van der Waals surface area contributed by atoms with E-state index in [1.54, 1.807) is 43.5 Å². The molecule has 0 aromatic heterocycles. The number of sulfonamides is 1. The summed E-state index contributed by atoms with van der Waals surface area (Å²) in [4.78, 5) is 0.245. The summed E-state index contributed by atoms with van der Waals surface area (Å²) in [7, 11) is -2.16. The van der Waals surface area contributed by atoms with Crippen LogP contribution in [0, 0.1) is 5.92 Å². The highest BCUT2D eigenvalue weighted by atomic mass is 35.5. The smallest absolute Gasteiger partial charge is 0.261 e. The molecule has 2 N–H and O–H groups in total. The van der Waals surface area contributed by atoms with Crippen molar-refractivity contribution < 1.29 is 13.2 Å². The molecule has 2 aliphatic rings. The van der Waals surface area contributed by atoms with Gasteiger partial charge in [0.2, 0.25) is 0 Å². The molecule has 0 saturated carbocycles. The summed E-state index contributed by atoms with van der Waals surface area (Å²) < 4.78 is 33.9. The summed E-state index contributed by atoms with van der Waals surface area (Å²) in [5.74, 6) is 1.11. The van der Waals surface area contributed by atoms with Crippen LogP contribution in [0.2, 0.25) is 5.02 Å². The van der Waals surface area contributed by atoms with Crippen molar-refractivity contribution in [2.45, 2.75) is 23.3 Å². The first-order valence-corrected chi connectivity index (χ1v) is 12.3. The van der Waals surface area contributed by atoms with Gasteiger partial charge in [0, 0.05) is 22.3 Å². The molecule has 5 nitrogen and oxygen atoms in total. The summed E-state index contributed by atoms with van der Waals surface area (Å²) in [5.41, 5.74) is 3.58. The highest BCUT2D eigenvalue weighted by Gasteiger charge is 2.38. The molecule has 3 aromatic rings. The lowest BCUT2D eigenvalue weighted by Gasteiger charge is -2.37. The fourth-order valence-corrected chi connectivity index (χ4v) is 5.94. The maximum Gasteiger partial charge on any atom is 0.261 e. The van der Waals surface area contributed by atoms with Gasteiger partial charge in [-0.1, -0.05) is 35.9 Å². The third-order valence-corrected chi connectivity index (χ3v) is 7.81. The monoisotopic (exact) mass is 466 g/mol. The van der Waals surface area contributed by atoms with Crippen molar-refractivity contribution >= 4 is 33.0 Å². The Labute approximate surface area is 193 Å². The van der Waals surface area contributed by atoms with Crippen LogP contribution in [0.15, 0.2) is 83.8 Å². The largest absolute Gasteiger partial charge is 0.497 e. The predicted molar refractivity (Wildman–Crippen MR) is 128 cm³/mol. The Balaban J connectivity index is 1.46. The molecule has 0 fully saturated rings. The fourth-order valence-electron chi connectivity index (χ4n) is 4.64. The molecule has 0 spiro atoms. The van der Waals surface area contributed by atoms with Crippen LogP contribution < -0.4 is 14.8 Å². The van der Waals surface area contributed by atoms with E-state index in [4.69, 9.17) is 16.3 Å². The first-order valence-electron chi connectivity index (χ1n) is 10.4. The van der Waals surface area contributed by atoms with Crippen molar-refractivity contribution in [1.82, 2.24) is 0 Å². The van der Waals surface area contributed by atoms with Crippen molar-refractivity contribution in [2.24, 2.45) is 5.92 Å². The van der Waals surface area contributed by atoms with Crippen LogP contribution in [0.3, 0.4) is 0 Å². The highest BCUT2D eigenvalue weighted by molar-refractivity contribution is 7.92. The van der Waals surface area contributed by atoms with E-state index < -0.39 is 10.0 Å². The molecule has 1 aliphatic heterocycles. The van der Waals surface area contributed by atoms with Gasteiger partial charge in [-0.2, -0.15) is 0 Å². The van der Waals surface area contributed by atoms with E-state index in [-0.39, 0.29) is 16.9 Å². The fraction of sp³-hybridized carbons (Fsp3) is 0.200. The Hall–Kier alpha value is -2.96. The summed E-state index contributed by atoms with van der Waals surface area (Å²) in [6, 6.07) is 20.1. The Morgan fingerprint density at radius 2 is 1.88 bits per heavy atom. The van der Waals surface area contributed by atoms with Crippen LogP contribution in [-0.4, -0.2) is 15.5 Å². The number of anilines is 2. The SMILES string of the molecule is COc1ccc(NS(=O)(=O)c2ccc3c(c2)[C@H]2C=CC[C@H]2[C@@H](c2cccc(Cl)c2)N3)cc1. The molecular weight excluding hydrogens is 444 g/mol. The first-order chi connectivity index (χ1) is 15.4. The molecule has 32 heavy (non-hydrogen) atoms. The number of hydrogen-bond acceptors (Lipinski definition) is 4. The van der Waals surface area contributed by atoms with Crippen molar-refractivity contribution in [3.8, 4) is 5.75 Å². The molecule has 7 heteroatoms. The summed E-state index contributed by atoms with van der Waals surface area (Å²) in [6.45, 7) is 0. The van der Waals surface area contributed by atoms with Gasteiger partial charge in [0.25, 0.3) is 10.0 Å². The molecule has 3 aromatic carbocycles. The molecular formula is C25H23ClN2O3S. The quantitative estimate of drug-likeness (QED) is 0.454. The number of benzene rings is 3. The number of nitrogens with one attached hydrogen (secondary N) is 2. The second-order valence-corrected chi connectivity index (χ2v) is 10.2. The Kier molecular flexibility index (Phi) is 5.35. The third kappa shape index (κ3) is 3.85. The van der Waals surface area contributed by atoms with Gasteiger partial charge in [-0.25, -0.2) is 8.42 Å². The number of hydrogen-bond donors (Lipinski definition) is 2. The zero-order valence-corrected chi connectivity index (χ0v) is 19.0. The Bertz CT molecular complexity index is 1290. The number of rotatable bonds is 5. The maximum atomic E-state index is 13.1. The standard InChI is InChI=1S/C25H23ClN2O3S/c1-31-19-10-8-18(9-11-19)28-32(29,30)20-12-13-24-23(15-20)21-6-3-7-22(21)25(27-24)16-4-2-5-17(26)14-16/h2-6,8-15,21-22,25,27-28H,7H2,1H3/t21-,22+,25+/m0/s1. The van der Waals surface area contributed by atoms with Crippen LogP contribution in [0.25, 0.3) is 0 Å². The van der Waals surface area contributed by atoms with Gasteiger partial charge in [-0.3, -0.25) is 4.72 Å². The van der Waals surface area contributed by atoms with E-state index >= 15 is 0 Å². The lowest BCUT2D eigenvalue weighted by atomic mass is 9.77. The van der Waals surface area contributed by atoms with Crippen molar-refractivity contribution in [3.63, 3.8) is 0 Å². The van der Waals surface area contributed by atoms with Gasteiger partial charge in [0.15, 0.2) is 0 Å². The zero-order chi connectivity index (χ0) is 22.3. The lowest BCUT2D eigenvalue weighted by molar-refractivity contribution is 0.415. The molecule has 0 amide bonds. The van der Waals surface area contributed by atoms with Gasteiger partial charge in [0.1, 0.15) is 5.75 Å². The van der Waals surface area contributed by atoms with Crippen LogP contribution in [0.5, 0.6) is 5.75 Å². The number of fused-ring (bicyclic) bond motifs is 3. The Morgan fingerprint density at radius 1 is 1.06 bits per heavy atom. The number of halogens is 1. The molecule has 3 atom stereocenters. The highest BCUT2D eigenvalue weighted by Crippen LogP contribution is 2.50. The van der Waals surface area contributed by atoms with Crippen molar-refractivity contribution in [3.05, 3.63) is 95.0 Å². The lowest BCUT2D eigenvalue weighted by Crippen LogP contribution is -2.29. The van der Waals surface area contributed by atoms with E-state index in [1.807, 2.05) is 24.3 Å². The van der Waals surface area contributed by atoms with Crippen molar-refractivity contribution in [1.29, 1.82) is 0 Å². The van der Waals surface area contributed by atoms with Gasteiger partial charge in [-0.15, -0.1) is 0 Å². The summed E-state index contributed by atoms with van der Waals surface area (Å²) in [5, 5.41) is 4.34. The third-order valence-electron chi connectivity index (χ3n) is 6.19. The minimum Gasteiger partial charge on any atom is -0.497 e. The second kappa shape index (κ2) is 8.19. The predicted octanol–water partition coefficient (Wildman–Crippen LogP) is 5.98. The molecule has 1 heterocycles. The molecule has 5 rings (SSSR count). The maximum absolute atomic E-state index is 13.1. The molecule has 164 valence electrons. The average Bonchev–Trinajstić information content (AvgIpc) is 3.29. The number of allylic oxidation sites excluding steroid dienone is 2. The molecule has 0 unspecified atom stereocenters. The minimum absolute atomic E-state index is 0.112. The Morgan fingerprint density at radius 3 is 2.62 bits per heavy atom. The molecule has 1 aliphatic carbocycles. The molecule has 0 bridgehead atoms. The van der Waals surface area contributed by atoms with Gasteiger partial charge >= 0.3 is 0 Å². The van der Waals surface area contributed by atoms with Gasteiger partial charge in [0.05, 0.1) is 18.0 Å². The number of methoxy groups -OCH3 is 1. The van der Waals surface area contributed by atoms with E-state index in [1.165, 1.54) is 0 Å². The van der Waals surface area contributed by atoms with E-state index in [2.05, 4.69) is 28.3 Å². The summed E-state index contributed by atoms with van der Waals surface area (Å²) in [6.07, 6.45) is 5.30. The van der Waals surface area contributed by atoms with E-state index in [0.717, 1.165) is 23.2 Å². The van der Waals surface area contributed by atoms with Gasteiger partial charge < -0.3 is 10.1 Å². The molecule has 0 saturated heterocycles. The van der Waals surface area contributed by atoms with Crippen LogP contribution in [0.4, 0.5) is 11.4 Å². The minimum atomic E-state index is -3.73. The van der Waals surface area contributed by atoms with Crippen LogP contribution in [0.1, 0.15) is 29.5 Å². The van der Waals surface area contributed by atoms with Crippen LogP contribution in [-0.2, 0) is 10.0 Å². The van der Waals surface area contributed by atoms with Crippen LogP contribution >= 0.6 is 11.6 Å². The topological polar surface area (TPSA) is 67.4 Å². The normalized spacial score (nSPS) is 21.4. The molecule has 0 radical (unpaired) electrons. The average molecular weight is 467 g/mol. The second-order valence-electron chi connectivity index (χ2n) is 8.11. The first kappa shape index (κ1) is 20.9. The van der Waals surface area contributed by atoms with Gasteiger partial charge in [-0.05, 0) is 78.1 Å². The van der Waals surface area contributed by atoms with Crippen molar-refractivity contribution in [2.75, 3.05) is 17.1 Å². The zero-order valence-electron chi connectivity index (χ0n) is 17.5.